The molecular formula is C22H19Cl4FN4O3S2. The maximum absolute atomic E-state index is 15.4. The number of carbonyl (C=O) groups is 1. The van der Waals surface area contributed by atoms with Gasteiger partial charge < -0.3 is 5.32 Å². The molecule has 0 unspecified atom stereocenters. The maximum Gasteiger partial charge on any atom is 0.329 e. The summed E-state index contributed by atoms with van der Waals surface area (Å²) < 4.78 is 43.5. The zero-order chi connectivity index (χ0) is 26.2. The molecule has 2 aromatic heterocycles. The number of thiophene rings is 1. The first-order valence-corrected chi connectivity index (χ1v) is 14.4. The van der Waals surface area contributed by atoms with E-state index in [9.17, 15) is 13.2 Å². The van der Waals surface area contributed by atoms with Crippen LogP contribution in [0.5, 0.6) is 0 Å². The van der Waals surface area contributed by atoms with Gasteiger partial charge in [-0.3, -0.25) is 4.68 Å². The number of aryl methyl sites for hydroxylation is 1. The van der Waals surface area contributed by atoms with Gasteiger partial charge >= 0.3 is 6.03 Å². The second-order valence-electron chi connectivity index (χ2n) is 8.02. The van der Waals surface area contributed by atoms with Crippen molar-refractivity contribution in [2.75, 3.05) is 6.54 Å². The number of amides is 2. The van der Waals surface area contributed by atoms with Gasteiger partial charge in [0, 0.05) is 21.2 Å². The number of halogens is 5. The molecule has 36 heavy (non-hydrogen) atoms. The first kappa shape index (κ1) is 27.2. The molecule has 1 aliphatic carbocycles. The smallest absolute Gasteiger partial charge is 0.329 e. The van der Waals surface area contributed by atoms with E-state index >= 15 is 4.39 Å². The number of rotatable bonds is 6. The molecule has 0 spiro atoms. The van der Waals surface area contributed by atoms with Crippen molar-refractivity contribution in [1.29, 1.82) is 0 Å². The number of fused-ring (bicyclic) bond motifs is 1. The van der Waals surface area contributed by atoms with Gasteiger partial charge in [-0.15, -0.1) is 11.3 Å². The van der Waals surface area contributed by atoms with Crippen molar-refractivity contribution >= 4 is 79.4 Å². The lowest BCUT2D eigenvalue weighted by molar-refractivity contribution is 0.246. The van der Waals surface area contributed by atoms with Crippen LogP contribution >= 0.6 is 57.7 Å². The van der Waals surface area contributed by atoms with Crippen molar-refractivity contribution in [2.24, 2.45) is 0 Å². The number of sulfonamides is 1. The summed E-state index contributed by atoms with van der Waals surface area (Å²) in [4.78, 5) is 12.2. The minimum atomic E-state index is -4.21. The van der Waals surface area contributed by atoms with Crippen LogP contribution in [-0.4, -0.2) is 30.8 Å². The lowest BCUT2D eigenvalue weighted by Gasteiger charge is -2.20. The van der Waals surface area contributed by atoms with Crippen molar-refractivity contribution < 1.29 is 17.6 Å². The second-order valence-corrected chi connectivity index (χ2v) is 12.8. The van der Waals surface area contributed by atoms with Crippen LogP contribution in [0.25, 0.3) is 5.57 Å². The summed E-state index contributed by atoms with van der Waals surface area (Å²) in [5.41, 5.74) is 3.52. The van der Waals surface area contributed by atoms with Crippen molar-refractivity contribution in [2.45, 2.75) is 36.9 Å². The molecule has 2 N–H and O–H groups in total. The minimum absolute atomic E-state index is 0.0538. The predicted molar refractivity (Wildman–Crippen MR) is 142 cm³/mol. The van der Waals surface area contributed by atoms with Crippen LogP contribution in [0.15, 0.2) is 34.3 Å². The Labute approximate surface area is 231 Å². The average molecular weight is 612 g/mol. The number of allylic oxidation sites excluding steroid dienone is 1. The molecule has 0 radical (unpaired) electrons. The van der Waals surface area contributed by atoms with E-state index in [1.165, 1.54) is 0 Å². The topological polar surface area (TPSA) is 93.1 Å². The van der Waals surface area contributed by atoms with Crippen molar-refractivity contribution in [3.63, 3.8) is 0 Å². The number of hydrogen-bond acceptors (Lipinski definition) is 5. The molecule has 0 saturated carbocycles. The van der Waals surface area contributed by atoms with E-state index in [0.717, 1.165) is 29.3 Å². The number of hydrogen-bond donors (Lipinski definition) is 2. The third-order valence-electron chi connectivity index (χ3n) is 5.57. The largest absolute Gasteiger partial charge is 0.331 e. The molecule has 7 nitrogen and oxygen atoms in total. The Hall–Kier alpha value is -1.82. The highest BCUT2D eigenvalue weighted by atomic mass is 35.5. The van der Waals surface area contributed by atoms with E-state index in [0.29, 0.717) is 52.0 Å². The molecule has 1 aliphatic rings. The highest BCUT2D eigenvalue weighted by molar-refractivity contribution is 7.92. The molecule has 0 fully saturated rings. The molecule has 1 aromatic carbocycles. The third kappa shape index (κ3) is 5.84. The van der Waals surface area contributed by atoms with E-state index in [-0.39, 0.29) is 13.6 Å². The van der Waals surface area contributed by atoms with E-state index in [1.807, 2.05) is 11.6 Å². The summed E-state index contributed by atoms with van der Waals surface area (Å²) in [5.74, 6) is -0.589. The number of nitrogens with one attached hydrogen (secondary N) is 2. The molecule has 0 saturated heterocycles. The van der Waals surface area contributed by atoms with Gasteiger partial charge in [-0.2, -0.15) is 5.10 Å². The number of benzene rings is 1. The van der Waals surface area contributed by atoms with E-state index in [2.05, 4.69) is 10.4 Å². The summed E-state index contributed by atoms with van der Waals surface area (Å²) in [6.07, 6.45) is 1.89. The molecule has 0 atom stereocenters. The van der Waals surface area contributed by atoms with Crippen molar-refractivity contribution in [1.82, 2.24) is 19.8 Å². The molecule has 2 amide bonds. The van der Waals surface area contributed by atoms with Gasteiger partial charge in [-0.25, -0.2) is 22.3 Å². The van der Waals surface area contributed by atoms with Gasteiger partial charge in [0.15, 0.2) is 0 Å². The lowest BCUT2D eigenvalue weighted by Crippen LogP contribution is -2.39. The van der Waals surface area contributed by atoms with E-state index in [4.69, 9.17) is 46.4 Å². The van der Waals surface area contributed by atoms with Crippen LogP contribution in [0.3, 0.4) is 0 Å². The number of carbonyl (C=O) groups excluding carboxylic acids is 1. The van der Waals surface area contributed by atoms with Gasteiger partial charge in [-0.1, -0.05) is 52.5 Å². The van der Waals surface area contributed by atoms with E-state index < -0.39 is 28.4 Å². The van der Waals surface area contributed by atoms with Gasteiger partial charge in [0.05, 0.1) is 29.5 Å². The predicted octanol–water partition coefficient (Wildman–Crippen LogP) is 6.62. The summed E-state index contributed by atoms with van der Waals surface area (Å²) in [5, 5.41) is 7.89. The van der Waals surface area contributed by atoms with Gasteiger partial charge in [0.1, 0.15) is 14.4 Å². The molecule has 4 rings (SSSR count). The van der Waals surface area contributed by atoms with Crippen LogP contribution in [0.4, 0.5) is 9.18 Å². The Balaban J connectivity index is 1.53. The van der Waals surface area contributed by atoms with Crippen LogP contribution in [0.2, 0.25) is 19.4 Å². The normalized spacial score (nSPS) is 14.9. The molecule has 192 valence electrons. The van der Waals surface area contributed by atoms with Crippen LogP contribution in [-0.2, 0) is 23.0 Å². The van der Waals surface area contributed by atoms with Gasteiger partial charge in [-0.05, 0) is 49.9 Å². The average Bonchev–Trinajstić information content (AvgIpc) is 3.33. The maximum atomic E-state index is 15.4. The molecule has 0 bridgehead atoms. The highest BCUT2D eigenvalue weighted by Gasteiger charge is 2.27. The Kier molecular flexibility index (Phi) is 8.23. The Bertz CT molecular complexity index is 1460. The summed E-state index contributed by atoms with van der Waals surface area (Å²) in [6, 6.07) is 5.19. The zero-order valence-electron chi connectivity index (χ0n) is 18.7. The first-order valence-electron chi connectivity index (χ1n) is 10.6. The fourth-order valence-corrected chi connectivity index (χ4v) is 7.22. The molecule has 0 aliphatic heterocycles. The van der Waals surface area contributed by atoms with E-state index in [1.54, 1.807) is 22.9 Å². The fourth-order valence-electron chi connectivity index (χ4n) is 3.94. The number of nitrogens with zero attached hydrogens (tertiary/aromatic N) is 2. The van der Waals surface area contributed by atoms with Crippen molar-refractivity contribution in [3.8, 4) is 0 Å². The third-order valence-corrected chi connectivity index (χ3v) is 9.83. The SMILES string of the molecule is Cc1nn(Cc2ccc(Cl)cc2Cl)c2c1CCC/C2=C(/F)CNC(=O)NS(=O)(=O)c1cc(Cl)c(Cl)s1. The Morgan fingerprint density at radius 3 is 2.58 bits per heavy atom. The first-order chi connectivity index (χ1) is 17.0. The minimum Gasteiger partial charge on any atom is -0.331 e. The summed E-state index contributed by atoms with van der Waals surface area (Å²) in [7, 11) is -4.21. The van der Waals surface area contributed by atoms with Crippen LogP contribution < -0.4 is 10.0 Å². The quantitative estimate of drug-likeness (QED) is 0.328. The van der Waals surface area contributed by atoms with Crippen LogP contribution in [0.1, 0.15) is 35.4 Å². The Morgan fingerprint density at radius 1 is 1.17 bits per heavy atom. The molecule has 3 aromatic rings. The van der Waals surface area contributed by atoms with Crippen LogP contribution in [0, 0.1) is 6.92 Å². The summed E-state index contributed by atoms with van der Waals surface area (Å²) in [6.45, 7) is 1.66. The van der Waals surface area contributed by atoms with Gasteiger partial charge in [0.25, 0.3) is 10.0 Å². The number of urea groups is 1. The Morgan fingerprint density at radius 2 is 1.92 bits per heavy atom. The second kappa shape index (κ2) is 10.9. The van der Waals surface area contributed by atoms with Crippen molar-refractivity contribution in [3.05, 3.63) is 72.0 Å². The monoisotopic (exact) mass is 610 g/mol. The fraction of sp³-hybridized carbons (Fsp3) is 0.273. The molecular weight excluding hydrogens is 593 g/mol. The lowest BCUT2D eigenvalue weighted by atomic mass is 9.90. The standard InChI is InChI=1S/C22H19Cl4FN4O3S2/c1-11-14-3-2-4-15(20(14)31(29-11)10-12-5-6-13(23)7-16(12)24)18(27)9-28-22(32)30-36(33,34)19-8-17(25)21(26)35-19/h5-8H,2-4,9-10H2,1H3,(H2,28,30,32)/b18-15-. The van der Waals surface area contributed by atoms with Gasteiger partial charge in [0.2, 0.25) is 0 Å². The molecule has 14 heteroatoms. The zero-order valence-corrected chi connectivity index (χ0v) is 23.3. The molecule has 2 heterocycles. The number of aromatic nitrogens is 2. The highest BCUT2D eigenvalue weighted by Crippen LogP contribution is 2.36. The summed E-state index contributed by atoms with van der Waals surface area (Å²) >= 11 is 24.6.